The highest BCUT2D eigenvalue weighted by Crippen LogP contribution is 2.26. The van der Waals surface area contributed by atoms with E-state index in [1.54, 1.807) is 6.92 Å². The van der Waals surface area contributed by atoms with Crippen LogP contribution in [0.25, 0.3) is 0 Å². The summed E-state index contributed by atoms with van der Waals surface area (Å²) in [5, 5.41) is 13.1. The van der Waals surface area contributed by atoms with Crippen LogP contribution in [-0.4, -0.2) is 29.2 Å². The molecule has 0 aromatic carbocycles. The van der Waals surface area contributed by atoms with Crippen LogP contribution in [0.1, 0.15) is 51.9 Å². The number of carbonyl (C=O) groups excluding carboxylic acids is 1. The molecular formula is C12H24N2O2. The van der Waals surface area contributed by atoms with Crippen molar-refractivity contribution in [2.45, 2.75) is 63.5 Å². The molecular weight excluding hydrogens is 204 g/mol. The zero-order valence-electron chi connectivity index (χ0n) is 10.2. The number of carbonyl (C=O) groups is 1. The standard InChI is InChI=1S/C12H24N2O2/c1-10(13)8-11(15)14-9-12(16)6-4-2-3-5-7-12/h10,16H,2-9,13H2,1H3,(H,14,15). The molecule has 0 radical (unpaired) electrons. The van der Waals surface area contributed by atoms with Crippen LogP contribution in [0.2, 0.25) is 0 Å². The van der Waals surface area contributed by atoms with E-state index in [2.05, 4.69) is 5.32 Å². The van der Waals surface area contributed by atoms with Crippen LogP contribution in [0.4, 0.5) is 0 Å². The van der Waals surface area contributed by atoms with Gasteiger partial charge in [-0.05, 0) is 19.8 Å². The monoisotopic (exact) mass is 228 g/mol. The first-order valence-electron chi connectivity index (χ1n) is 6.26. The first-order valence-corrected chi connectivity index (χ1v) is 6.26. The molecule has 0 bridgehead atoms. The molecule has 4 N–H and O–H groups in total. The maximum absolute atomic E-state index is 11.4. The number of amides is 1. The second-order valence-electron chi connectivity index (χ2n) is 5.10. The van der Waals surface area contributed by atoms with Gasteiger partial charge in [0.15, 0.2) is 0 Å². The fourth-order valence-corrected chi connectivity index (χ4v) is 2.19. The quantitative estimate of drug-likeness (QED) is 0.626. The van der Waals surface area contributed by atoms with Gasteiger partial charge in [0.05, 0.1) is 5.60 Å². The number of aliphatic hydroxyl groups is 1. The Labute approximate surface area is 97.6 Å². The van der Waals surface area contributed by atoms with Crippen molar-refractivity contribution in [2.24, 2.45) is 5.73 Å². The molecule has 1 aliphatic rings. The summed E-state index contributed by atoms with van der Waals surface area (Å²) < 4.78 is 0. The van der Waals surface area contributed by atoms with Crippen molar-refractivity contribution in [2.75, 3.05) is 6.54 Å². The molecule has 0 spiro atoms. The van der Waals surface area contributed by atoms with Gasteiger partial charge < -0.3 is 16.2 Å². The Morgan fingerprint density at radius 2 is 1.94 bits per heavy atom. The highest BCUT2D eigenvalue weighted by Gasteiger charge is 2.28. The van der Waals surface area contributed by atoms with E-state index in [1.165, 1.54) is 12.8 Å². The molecule has 1 aliphatic carbocycles. The zero-order valence-corrected chi connectivity index (χ0v) is 10.2. The molecule has 1 amide bonds. The fraction of sp³-hybridized carbons (Fsp3) is 0.917. The van der Waals surface area contributed by atoms with Crippen LogP contribution in [0.3, 0.4) is 0 Å². The van der Waals surface area contributed by atoms with E-state index in [-0.39, 0.29) is 11.9 Å². The van der Waals surface area contributed by atoms with E-state index >= 15 is 0 Å². The lowest BCUT2D eigenvalue weighted by atomic mass is 9.94. The average molecular weight is 228 g/mol. The number of nitrogens with two attached hydrogens (primary N) is 1. The molecule has 0 saturated heterocycles. The van der Waals surface area contributed by atoms with Crippen LogP contribution in [0, 0.1) is 0 Å². The minimum absolute atomic E-state index is 0.0623. The number of rotatable bonds is 4. The van der Waals surface area contributed by atoms with Gasteiger partial charge in [-0.15, -0.1) is 0 Å². The van der Waals surface area contributed by atoms with Gasteiger partial charge in [0, 0.05) is 19.0 Å². The lowest BCUT2D eigenvalue weighted by molar-refractivity contribution is -0.122. The lowest BCUT2D eigenvalue weighted by Crippen LogP contribution is -2.43. The van der Waals surface area contributed by atoms with Gasteiger partial charge in [-0.25, -0.2) is 0 Å². The molecule has 0 aliphatic heterocycles. The normalized spacial score (nSPS) is 22.2. The van der Waals surface area contributed by atoms with Crippen LogP contribution < -0.4 is 11.1 Å². The topological polar surface area (TPSA) is 75.4 Å². The first-order chi connectivity index (χ1) is 7.52. The predicted molar refractivity (Wildman–Crippen MR) is 63.9 cm³/mol. The minimum atomic E-state index is -0.690. The predicted octanol–water partition coefficient (Wildman–Crippen LogP) is 0.925. The Morgan fingerprint density at radius 1 is 1.38 bits per heavy atom. The van der Waals surface area contributed by atoms with Gasteiger partial charge in [-0.2, -0.15) is 0 Å². The molecule has 0 heterocycles. The Hall–Kier alpha value is -0.610. The van der Waals surface area contributed by atoms with Gasteiger partial charge in [0.25, 0.3) is 0 Å². The van der Waals surface area contributed by atoms with Gasteiger partial charge >= 0.3 is 0 Å². The number of hydrogen-bond donors (Lipinski definition) is 3. The van der Waals surface area contributed by atoms with Crippen molar-refractivity contribution in [3.05, 3.63) is 0 Å². The summed E-state index contributed by atoms with van der Waals surface area (Å²) in [6, 6.07) is -0.122. The smallest absolute Gasteiger partial charge is 0.221 e. The van der Waals surface area contributed by atoms with E-state index in [9.17, 15) is 9.90 Å². The summed E-state index contributed by atoms with van der Waals surface area (Å²) in [6.07, 6.45) is 6.42. The summed E-state index contributed by atoms with van der Waals surface area (Å²) in [5.41, 5.74) is 4.85. The van der Waals surface area contributed by atoms with E-state index in [1.807, 2.05) is 0 Å². The Kier molecular flexibility index (Phi) is 5.22. The molecule has 16 heavy (non-hydrogen) atoms. The number of nitrogens with one attached hydrogen (secondary N) is 1. The second kappa shape index (κ2) is 6.21. The SMILES string of the molecule is CC(N)CC(=O)NCC1(O)CCCCCC1. The lowest BCUT2D eigenvalue weighted by Gasteiger charge is -2.26. The zero-order chi connectivity index (χ0) is 12.0. The summed E-state index contributed by atoms with van der Waals surface area (Å²) in [6.45, 7) is 2.18. The second-order valence-corrected chi connectivity index (χ2v) is 5.10. The molecule has 1 fully saturated rings. The summed E-state index contributed by atoms with van der Waals surface area (Å²) in [7, 11) is 0. The van der Waals surface area contributed by atoms with Crippen molar-refractivity contribution >= 4 is 5.91 Å². The van der Waals surface area contributed by atoms with E-state index in [4.69, 9.17) is 5.73 Å². The third-order valence-corrected chi connectivity index (χ3v) is 3.16. The molecule has 4 nitrogen and oxygen atoms in total. The van der Waals surface area contributed by atoms with Crippen molar-refractivity contribution < 1.29 is 9.90 Å². The van der Waals surface area contributed by atoms with E-state index < -0.39 is 5.60 Å². The highest BCUT2D eigenvalue weighted by molar-refractivity contribution is 5.76. The molecule has 1 unspecified atom stereocenters. The maximum atomic E-state index is 11.4. The summed E-state index contributed by atoms with van der Waals surface area (Å²) in [5.74, 6) is -0.0623. The van der Waals surface area contributed by atoms with Crippen LogP contribution >= 0.6 is 0 Å². The van der Waals surface area contributed by atoms with Crippen LogP contribution in [0.15, 0.2) is 0 Å². The van der Waals surface area contributed by atoms with Gasteiger partial charge in [0.2, 0.25) is 5.91 Å². The third-order valence-electron chi connectivity index (χ3n) is 3.16. The van der Waals surface area contributed by atoms with Crippen molar-refractivity contribution in [3.63, 3.8) is 0 Å². The van der Waals surface area contributed by atoms with E-state index in [0.717, 1.165) is 25.7 Å². The fourth-order valence-electron chi connectivity index (χ4n) is 2.19. The average Bonchev–Trinajstić information content (AvgIpc) is 2.40. The van der Waals surface area contributed by atoms with Gasteiger partial charge in [0.1, 0.15) is 0 Å². The molecule has 0 aromatic heterocycles. The Morgan fingerprint density at radius 3 is 2.44 bits per heavy atom. The maximum Gasteiger partial charge on any atom is 0.221 e. The van der Waals surface area contributed by atoms with Crippen LogP contribution in [0.5, 0.6) is 0 Å². The Balaban J connectivity index is 2.31. The molecule has 0 aromatic rings. The number of hydrogen-bond acceptors (Lipinski definition) is 3. The van der Waals surface area contributed by atoms with E-state index in [0.29, 0.717) is 13.0 Å². The summed E-state index contributed by atoms with van der Waals surface area (Å²) in [4.78, 5) is 11.4. The van der Waals surface area contributed by atoms with Gasteiger partial charge in [-0.1, -0.05) is 25.7 Å². The van der Waals surface area contributed by atoms with Crippen molar-refractivity contribution in [1.29, 1.82) is 0 Å². The van der Waals surface area contributed by atoms with Crippen molar-refractivity contribution in [3.8, 4) is 0 Å². The third kappa shape index (κ3) is 4.94. The molecule has 1 atom stereocenters. The first kappa shape index (κ1) is 13.5. The highest BCUT2D eigenvalue weighted by atomic mass is 16.3. The molecule has 1 saturated carbocycles. The van der Waals surface area contributed by atoms with Crippen LogP contribution in [-0.2, 0) is 4.79 Å². The minimum Gasteiger partial charge on any atom is -0.388 e. The Bertz CT molecular complexity index is 221. The largest absolute Gasteiger partial charge is 0.388 e. The molecule has 94 valence electrons. The molecule has 1 rings (SSSR count). The summed E-state index contributed by atoms with van der Waals surface area (Å²) >= 11 is 0. The molecule has 4 heteroatoms. The van der Waals surface area contributed by atoms with Gasteiger partial charge in [-0.3, -0.25) is 4.79 Å². The van der Waals surface area contributed by atoms with Crippen molar-refractivity contribution in [1.82, 2.24) is 5.32 Å².